The molecule has 4 heteroatoms. The molecule has 1 unspecified atom stereocenters. The van der Waals surface area contributed by atoms with Gasteiger partial charge in [-0.15, -0.1) is 0 Å². The summed E-state index contributed by atoms with van der Waals surface area (Å²) in [5.74, 6) is 0.608. The molecule has 2 rings (SSSR count). The first-order valence-corrected chi connectivity index (χ1v) is 6.77. The van der Waals surface area contributed by atoms with Gasteiger partial charge in [0.25, 0.3) is 5.91 Å². The van der Waals surface area contributed by atoms with E-state index in [0.29, 0.717) is 16.5 Å². The zero-order chi connectivity index (χ0) is 13.1. The van der Waals surface area contributed by atoms with Gasteiger partial charge in [0.1, 0.15) is 5.75 Å². The SMILES string of the molecule is CCCC1CCN(C(=O)c2cc(O)ccc2Cl)C1. The van der Waals surface area contributed by atoms with Crippen molar-refractivity contribution in [2.45, 2.75) is 26.2 Å². The molecule has 18 heavy (non-hydrogen) atoms. The van der Waals surface area contributed by atoms with Crippen molar-refractivity contribution in [3.8, 4) is 5.75 Å². The lowest BCUT2D eigenvalue weighted by molar-refractivity contribution is 0.0786. The fraction of sp³-hybridized carbons (Fsp3) is 0.500. The summed E-state index contributed by atoms with van der Waals surface area (Å²) < 4.78 is 0. The highest BCUT2D eigenvalue weighted by molar-refractivity contribution is 6.33. The maximum Gasteiger partial charge on any atom is 0.255 e. The lowest BCUT2D eigenvalue weighted by Gasteiger charge is -2.17. The van der Waals surface area contributed by atoms with Crippen LogP contribution in [0.15, 0.2) is 18.2 Å². The number of halogens is 1. The van der Waals surface area contributed by atoms with E-state index in [-0.39, 0.29) is 11.7 Å². The van der Waals surface area contributed by atoms with E-state index in [1.807, 2.05) is 4.90 Å². The van der Waals surface area contributed by atoms with Crippen LogP contribution in [0.2, 0.25) is 5.02 Å². The highest BCUT2D eigenvalue weighted by Crippen LogP contribution is 2.26. The predicted octanol–water partition coefficient (Wildman–Crippen LogP) is 3.31. The van der Waals surface area contributed by atoms with Gasteiger partial charge < -0.3 is 10.0 Å². The molecule has 1 heterocycles. The van der Waals surface area contributed by atoms with Crippen molar-refractivity contribution in [2.75, 3.05) is 13.1 Å². The van der Waals surface area contributed by atoms with Crippen molar-refractivity contribution in [3.63, 3.8) is 0 Å². The average Bonchev–Trinajstić information content (AvgIpc) is 2.80. The van der Waals surface area contributed by atoms with Crippen molar-refractivity contribution in [2.24, 2.45) is 5.92 Å². The number of phenolic OH excluding ortho intramolecular Hbond substituents is 1. The van der Waals surface area contributed by atoms with Crippen molar-refractivity contribution in [1.29, 1.82) is 0 Å². The first kappa shape index (κ1) is 13.2. The molecule has 0 aromatic heterocycles. The molecule has 3 nitrogen and oxygen atoms in total. The molecule has 0 aliphatic carbocycles. The van der Waals surface area contributed by atoms with Crippen LogP contribution in [0, 0.1) is 5.92 Å². The Hall–Kier alpha value is -1.22. The monoisotopic (exact) mass is 267 g/mol. The molecule has 1 aliphatic rings. The van der Waals surface area contributed by atoms with Gasteiger partial charge in [-0.2, -0.15) is 0 Å². The number of benzene rings is 1. The first-order valence-electron chi connectivity index (χ1n) is 6.39. The van der Waals surface area contributed by atoms with Crippen LogP contribution in [0.1, 0.15) is 36.5 Å². The number of likely N-dealkylation sites (tertiary alicyclic amines) is 1. The van der Waals surface area contributed by atoms with Gasteiger partial charge in [-0.25, -0.2) is 0 Å². The Labute approximate surface area is 112 Å². The minimum atomic E-state index is -0.0745. The van der Waals surface area contributed by atoms with Gasteiger partial charge >= 0.3 is 0 Å². The van der Waals surface area contributed by atoms with E-state index in [0.717, 1.165) is 32.4 Å². The fourth-order valence-corrected chi connectivity index (χ4v) is 2.71. The molecule has 1 aliphatic heterocycles. The molecular weight excluding hydrogens is 250 g/mol. The number of carbonyl (C=O) groups excluding carboxylic acids is 1. The molecule has 1 atom stereocenters. The van der Waals surface area contributed by atoms with E-state index in [2.05, 4.69) is 6.92 Å². The molecular formula is C14H18ClNO2. The minimum Gasteiger partial charge on any atom is -0.508 e. The molecule has 0 spiro atoms. The summed E-state index contributed by atoms with van der Waals surface area (Å²) in [6, 6.07) is 4.49. The van der Waals surface area contributed by atoms with Crippen molar-refractivity contribution in [1.82, 2.24) is 4.90 Å². The van der Waals surface area contributed by atoms with Gasteiger partial charge in [-0.05, 0) is 37.0 Å². The van der Waals surface area contributed by atoms with Crippen LogP contribution in [0.3, 0.4) is 0 Å². The van der Waals surface area contributed by atoms with E-state index in [9.17, 15) is 9.90 Å². The minimum absolute atomic E-state index is 0.0745. The molecule has 1 aromatic rings. The van der Waals surface area contributed by atoms with Crippen LogP contribution >= 0.6 is 11.6 Å². The number of aromatic hydroxyl groups is 1. The first-order chi connectivity index (χ1) is 8.61. The largest absolute Gasteiger partial charge is 0.508 e. The molecule has 1 fully saturated rings. The maximum atomic E-state index is 12.3. The third-order valence-corrected chi connectivity index (χ3v) is 3.78. The quantitative estimate of drug-likeness (QED) is 0.913. The van der Waals surface area contributed by atoms with E-state index < -0.39 is 0 Å². The van der Waals surface area contributed by atoms with Gasteiger partial charge in [0.2, 0.25) is 0 Å². The van der Waals surface area contributed by atoms with E-state index in [1.165, 1.54) is 12.1 Å². The summed E-state index contributed by atoms with van der Waals surface area (Å²) in [4.78, 5) is 14.1. The third kappa shape index (κ3) is 2.78. The number of hydrogen-bond acceptors (Lipinski definition) is 2. The van der Waals surface area contributed by atoms with E-state index in [4.69, 9.17) is 11.6 Å². The molecule has 0 radical (unpaired) electrons. The second kappa shape index (κ2) is 5.61. The van der Waals surface area contributed by atoms with Gasteiger partial charge in [-0.3, -0.25) is 4.79 Å². The highest BCUT2D eigenvalue weighted by Gasteiger charge is 2.27. The summed E-state index contributed by atoms with van der Waals surface area (Å²) in [5, 5.41) is 9.84. The van der Waals surface area contributed by atoms with Crippen molar-refractivity contribution < 1.29 is 9.90 Å². The maximum absolute atomic E-state index is 12.3. The Kier molecular flexibility index (Phi) is 4.12. The van der Waals surface area contributed by atoms with Gasteiger partial charge in [0.05, 0.1) is 10.6 Å². The van der Waals surface area contributed by atoms with Gasteiger partial charge in [0.15, 0.2) is 0 Å². The van der Waals surface area contributed by atoms with Crippen LogP contribution in [-0.4, -0.2) is 29.0 Å². The lowest BCUT2D eigenvalue weighted by atomic mass is 10.0. The standard InChI is InChI=1S/C14H18ClNO2/c1-2-3-10-6-7-16(9-10)14(18)12-8-11(17)4-5-13(12)15/h4-5,8,10,17H,2-3,6-7,9H2,1H3. The summed E-state index contributed by atoms with van der Waals surface area (Å²) in [7, 11) is 0. The topological polar surface area (TPSA) is 40.5 Å². The predicted molar refractivity (Wildman–Crippen MR) is 72.0 cm³/mol. The smallest absolute Gasteiger partial charge is 0.255 e. The van der Waals surface area contributed by atoms with Crippen molar-refractivity contribution >= 4 is 17.5 Å². The lowest BCUT2D eigenvalue weighted by Crippen LogP contribution is -2.28. The Morgan fingerprint density at radius 3 is 3.06 bits per heavy atom. The normalized spacial score (nSPS) is 19.2. The Balaban J connectivity index is 2.10. The number of phenols is 1. The van der Waals surface area contributed by atoms with Gasteiger partial charge in [-0.1, -0.05) is 24.9 Å². The number of nitrogens with zero attached hydrogens (tertiary/aromatic N) is 1. The summed E-state index contributed by atoms with van der Waals surface area (Å²) in [5.41, 5.74) is 0.397. The second-order valence-corrected chi connectivity index (χ2v) is 5.27. The summed E-state index contributed by atoms with van der Waals surface area (Å²) >= 11 is 6.01. The summed E-state index contributed by atoms with van der Waals surface area (Å²) in [6.45, 7) is 3.75. The Morgan fingerprint density at radius 2 is 2.33 bits per heavy atom. The molecule has 1 N–H and O–H groups in total. The van der Waals surface area contributed by atoms with Crippen LogP contribution in [0.5, 0.6) is 5.75 Å². The van der Waals surface area contributed by atoms with Crippen LogP contribution in [-0.2, 0) is 0 Å². The molecule has 0 saturated carbocycles. The van der Waals surface area contributed by atoms with E-state index in [1.54, 1.807) is 6.07 Å². The number of rotatable bonds is 3. The van der Waals surface area contributed by atoms with Crippen LogP contribution in [0.4, 0.5) is 0 Å². The molecule has 1 amide bonds. The second-order valence-electron chi connectivity index (χ2n) is 4.86. The van der Waals surface area contributed by atoms with Crippen LogP contribution in [0.25, 0.3) is 0 Å². The van der Waals surface area contributed by atoms with E-state index >= 15 is 0 Å². The number of carbonyl (C=O) groups is 1. The zero-order valence-corrected chi connectivity index (χ0v) is 11.3. The fourth-order valence-electron chi connectivity index (χ4n) is 2.51. The highest BCUT2D eigenvalue weighted by atomic mass is 35.5. The van der Waals surface area contributed by atoms with Gasteiger partial charge in [0, 0.05) is 13.1 Å². The average molecular weight is 268 g/mol. The number of amides is 1. The molecule has 98 valence electrons. The Bertz CT molecular complexity index is 447. The van der Waals surface area contributed by atoms with Crippen molar-refractivity contribution in [3.05, 3.63) is 28.8 Å². The molecule has 1 saturated heterocycles. The molecule has 0 bridgehead atoms. The zero-order valence-electron chi connectivity index (χ0n) is 10.5. The van der Waals surface area contributed by atoms with Crippen LogP contribution < -0.4 is 0 Å². The number of hydrogen-bond donors (Lipinski definition) is 1. The third-order valence-electron chi connectivity index (χ3n) is 3.45. The Morgan fingerprint density at radius 1 is 1.56 bits per heavy atom. The molecule has 1 aromatic carbocycles. The summed E-state index contributed by atoms with van der Waals surface area (Å²) in [6.07, 6.45) is 3.38.